The molecule has 58 heavy (non-hydrogen) atoms. The second-order valence-electron chi connectivity index (χ2n) is 15.4. The zero-order valence-electron chi connectivity index (χ0n) is 32.1. The number of hydrogen-bond acceptors (Lipinski definition) is 11. The summed E-state index contributed by atoms with van der Waals surface area (Å²) in [7, 11) is 0. The number of alkyl halides is 3. The first kappa shape index (κ1) is 40.4. The molecule has 306 valence electrons. The van der Waals surface area contributed by atoms with Crippen LogP contribution >= 0.6 is 0 Å². The Labute approximate surface area is 334 Å². The Morgan fingerprint density at radius 1 is 0.810 bits per heavy atom. The van der Waals surface area contributed by atoms with Crippen molar-refractivity contribution in [3.8, 4) is 6.07 Å². The minimum absolute atomic E-state index is 0.153. The third kappa shape index (κ3) is 9.84. The highest BCUT2D eigenvalue weighted by atomic mass is 19.4. The summed E-state index contributed by atoms with van der Waals surface area (Å²) >= 11 is 0. The normalized spacial score (nSPS) is 20.0. The molecule has 1 aromatic carbocycles. The Morgan fingerprint density at radius 2 is 1.45 bits per heavy atom. The van der Waals surface area contributed by atoms with E-state index in [4.69, 9.17) is 5.26 Å². The van der Waals surface area contributed by atoms with E-state index in [1.54, 1.807) is 24.5 Å². The molecule has 0 bridgehead atoms. The monoisotopic (exact) mass is 800 g/mol. The van der Waals surface area contributed by atoms with Crippen LogP contribution in [0.3, 0.4) is 0 Å². The SMILES string of the molecule is N#Cc1ccc(N2CCC(C(=O)Nc3ccc(N4CCC(CCN5CCN(c6ccc(C(=O)NC7CCC(=O)NC7=O)nc6)CC5)CC4)cn3)CC2)cc1C(F)(F)F. The van der Waals surface area contributed by atoms with E-state index in [1.165, 1.54) is 12.1 Å². The summed E-state index contributed by atoms with van der Waals surface area (Å²) in [4.78, 5) is 66.8. The van der Waals surface area contributed by atoms with Crippen LogP contribution in [0.1, 0.15) is 66.6 Å². The molecule has 7 rings (SSSR count). The van der Waals surface area contributed by atoms with Gasteiger partial charge in [0, 0.05) is 70.4 Å². The van der Waals surface area contributed by atoms with Crippen LogP contribution in [0.15, 0.2) is 54.9 Å². The first-order valence-electron chi connectivity index (χ1n) is 19.9. The molecule has 0 saturated carbocycles. The van der Waals surface area contributed by atoms with Gasteiger partial charge in [-0.1, -0.05) is 0 Å². The van der Waals surface area contributed by atoms with Crippen molar-refractivity contribution in [3.63, 3.8) is 0 Å². The summed E-state index contributed by atoms with van der Waals surface area (Å²) in [6, 6.07) is 11.9. The van der Waals surface area contributed by atoms with Crippen molar-refractivity contribution in [1.29, 1.82) is 5.26 Å². The molecule has 3 N–H and O–H groups in total. The van der Waals surface area contributed by atoms with Crippen LogP contribution in [0.25, 0.3) is 0 Å². The molecule has 4 fully saturated rings. The van der Waals surface area contributed by atoms with Crippen molar-refractivity contribution < 1.29 is 32.3 Å². The minimum atomic E-state index is -4.62. The average molecular weight is 801 g/mol. The van der Waals surface area contributed by atoms with Gasteiger partial charge in [-0.2, -0.15) is 18.4 Å². The first-order chi connectivity index (χ1) is 27.9. The quantitative estimate of drug-likeness (QED) is 0.252. The molecule has 4 saturated heterocycles. The summed E-state index contributed by atoms with van der Waals surface area (Å²) in [5.74, 6) is -0.602. The minimum Gasteiger partial charge on any atom is -0.371 e. The van der Waals surface area contributed by atoms with E-state index in [0.717, 1.165) is 82.5 Å². The van der Waals surface area contributed by atoms with Gasteiger partial charge in [0.2, 0.25) is 17.7 Å². The third-order valence-corrected chi connectivity index (χ3v) is 11.8. The lowest BCUT2D eigenvalue weighted by atomic mass is 9.93. The molecule has 0 radical (unpaired) electrons. The van der Waals surface area contributed by atoms with Gasteiger partial charge in [-0.25, -0.2) is 9.97 Å². The Kier molecular flexibility index (Phi) is 12.4. The van der Waals surface area contributed by atoms with Gasteiger partial charge >= 0.3 is 6.18 Å². The van der Waals surface area contributed by atoms with Gasteiger partial charge in [0.15, 0.2) is 0 Å². The van der Waals surface area contributed by atoms with Gasteiger partial charge < -0.3 is 25.3 Å². The topological polar surface area (TPSA) is 167 Å². The molecule has 2 aromatic heterocycles. The predicted octanol–water partition coefficient (Wildman–Crippen LogP) is 4.19. The van der Waals surface area contributed by atoms with Gasteiger partial charge in [0.1, 0.15) is 17.6 Å². The van der Waals surface area contributed by atoms with Crippen molar-refractivity contribution in [1.82, 2.24) is 25.5 Å². The number of piperidine rings is 3. The number of aromatic nitrogens is 2. The lowest BCUT2D eigenvalue weighted by Crippen LogP contribution is -2.52. The number of benzene rings is 1. The van der Waals surface area contributed by atoms with Crippen molar-refractivity contribution in [2.24, 2.45) is 11.8 Å². The van der Waals surface area contributed by atoms with Crippen LogP contribution in [0.4, 0.5) is 36.1 Å². The Bertz CT molecular complexity index is 2000. The number of nitrogens with zero attached hydrogens (tertiary/aromatic N) is 7. The smallest absolute Gasteiger partial charge is 0.371 e. The van der Waals surface area contributed by atoms with E-state index in [1.807, 2.05) is 23.1 Å². The van der Waals surface area contributed by atoms with E-state index in [-0.39, 0.29) is 36.3 Å². The highest BCUT2D eigenvalue weighted by Gasteiger charge is 2.35. The van der Waals surface area contributed by atoms with Crippen molar-refractivity contribution in [3.05, 3.63) is 71.7 Å². The number of anilines is 4. The summed E-state index contributed by atoms with van der Waals surface area (Å²) in [5.41, 5.74) is 1.22. The lowest BCUT2D eigenvalue weighted by Gasteiger charge is -2.38. The zero-order chi connectivity index (χ0) is 40.8. The number of rotatable bonds is 10. The van der Waals surface area contributed by atoms with Crippen LogP contribution in [-0.4, -0.2) is 103 Å². The van der Waals surface area contributed by atoms with E-state index < -0.39 is 35.2 Å². The number of amides is 4. The highest BCUT2D eigenvalue weighted by Crippen LogP contribution is 2.35. The number of piperazine rings is 1. The number of hydrogen-bond donors (Lipinski definition) is 3. The summed E-state index contributed by atoms with van der Waals surface area (Å²) in [6.45, 7) is 7.36. The maximum Gasteiger partial charge on any atom is 0.417 e. The van der Waals surface area contributed by atoms with Crippen molar-refractivity contribution >= 4 is 46.5 Å². The third-order valence-electron chi connectivity index (χ3n) is 11.8. The van der Waals surface area contributed by atoms with Crippen LogP contribution in [0, 0.1) is 23.2 Å². The molecule has 0 spiro atoms. The fourth-order valence-corrected chi connectivity index (χ4v) is 8.18. The fourth-order valence-electron chi connectivity index (χ4n) is 8.18. The van der Waals surface area contributed by atoms with Gasteiger partial charge in [-0.3, -0.25) is 29.4 Å². The number of nitrogens with one attached hydrogen (secondary N) is 3. The standard InChI is InChI=1S/C41H47F3N10O4/c42-41(43,44)33-23-30(2-1-29(33)24-45)52-17-12-28(13-18-52)38(56)49-36-7-4-32(26-47-36)53-15-10-27(11-16-53)9-14-51-19-21-54(22-20-51)31-3-5-34(46-25-31)39(57)48-35-6-8-37(55)50-40(35)58/h1-5,7,23,25-28,35H,6,8-22H2,(H,48,57)(H,47,49,56)(H,50,55,58). The molecule has 6 heterocycles. The number of pyridine rings is 2. The van der Waals surface area contributed by atoms with Crippen LogP contribution in [0.5, 0.6) is 0 Å². The average Bonchev–Trinajstić information content (AvgIpc) is 3.24. The van der Waals surface area contributed by atoms with Crippen LogP contribution in [-0.2, 0) is 20.6 Å². The van der Waals surface area contributed by atoms with Crippen molar-refractivity contribution in [2.75, 3.05) is 78.9 Å². The molecule has 4 aliphatic heterocycles. The summed E-state index contributed by atoms with van der Waals surface area (Å²) in [6.07, 6.45) is 3.62. The van der Waals surface area contributed by atoms with E-state index in [9.17, 15) is 32.3 Å². The number of halogens is 3. The maximum absolute atomic E-state index is 13.5. The van der Waals surface area contributed by atoms with Gasteiger partial charge in [0.05, 0.1) is 41.0 Å². The molecule has 14 nitrogen and oxygen atoms in total. The molecule has 4 aliphatic rings. The second-order valence-corrected chi connectivity index (χ2v) is 15.4. The molecular formula is C41H47F3N10O4. The van der Waals surface area contributed by atoms with Crippen LogP contribution < -0.4 is 30.7 Å². The largest absolute Gasteiger partial charge is 0.417 e. The molecule has 17 heteroatoms. The number of carbonyl (C=O) groups is 4. The maximum atomic E-state index is 13.5. The summed E-state index contributed by atoms with van der Waals surface area (Å²) < 4.78 is 40.4. The lowest BCUT2D eigenvalue weighted by molar-refractivity contribution is -0.138. The van der Waals surface area contributed by atoms with Gasteiger partial charge in [-0.15, -0.1) is 0 Å². The summed E-state index contributed by atoms with van der Waals surface area (Å²) in [5, 5.41) is 16.9. The van der Waals surface area contributed by atoms with Gasteiger partial charge in [0.25, 0.3) is 5.91 Å². The molecule has 1 atom stereocenters. The Morgan fingerprint density at radius 3 is 2.07 bits per heavy atom. The number of carbonyl (C=O) groups excluding carboxylic acids is 4. The van der Waals surface area contributed by atoms with Crippen LogP contribution in [0.2, 0.25) is 0 Å². The highest BCUT2D eigenvalue weighted by molar-refractivity contribution is 6.03. The molecule has 4 amide bonds. The molecule has 1 unspecified atom stereocenters. The van der Waals surface area contributed by atoms with Crippen molar-refractivity contribution in [2.45, 2.75) is 57.2 Å². The first-order valence-corrected chi connectivity index (χ1v) is 19.9. The molecule has 3 aromatic rings. The predicted molar refractivity (Wildman–Crippen MR) is 210 cm³/mol. The van der Waals surface area contributed by atoms with E-state index in [2.05, 4.69) is 40.6 Å². The zero-order valence-corrected chi connectivity index (χ0v) is 32.1. The number of nitriles is 1. The molecular weight excluding hydrogens is 754 g/mol. The van der Waals surface area contributed by atoms with E-state index >= 15 is 0 Å². The molecule has 0 aliphatic carbocycles. The Balaban J connectivity index is 0.786. The van der Waals surface area contributed by atoms with E-state index in [0.29, 0.717) is 43.4 Å². The number of imide groups is 1. The van der Waals surface area contributed by atoms with Gasteiger partial charge in [-0.05, 0) is 93.5 Å². The fraction of sp³-hybridized carbons (Fsp3) is 0.488. The Hall–Kier alpha value is -5.76. The second kappa shape index (κ2) is 17.8.